The second-order valence-corrected chi connectivity index (χ2v) is 8.17. The summed E-state index contributed by atoms with van der Waals surface area (Å²) in [6, 6.07) is 4.92. The Morgan fingerprint density at radius 1 is 1.20 bits per heavy atom. The summed E-state index contributed by atoms with van der Waals surface area (Å²) in [5.74, 6) is 0.675. The summed E-state index contributed by atoms with van der Waals surface area (Å²) in [6.07, 6.45) is 1.56. The maximum atomic E-state index is 13.1. The van der Waals surface area contributed by atoms with Gasteiger partial charge in [-0.3, -0.25) is 9.69 Å². The minimum atomic E-state index is -0.624. The molecule has 1 aromatic rings. The van der Waals surface area contributed by atoms with Gasteiger partial charge in [0.2, 0.25) is 5.91 Å². The molecule has 1 fully saturated rings. The number of amides is 1. The van der Waals surface area contributed by atoms with Gasteiger partial charge in [0.25, 0.3) is 0 Å². The Morgan fingerprint density at radius 2 is 1.97 bits per heavy atom. The number of fused-ring (bicyclic) bond motifs is 1. The fourth-order valence-corrected chi connectivity index (χ4v) is 4.70. The molecule has 0 radical (unpaired) electrons. The highest BCUT2D eigenvalue weighted by molar-refractivity contribution is 8.15. The Labute approximate surface area is 181 Å². The fourth-order valence-electron chi connectivity index (χ4n) is 3.57. The van der Waals surface area contributed by atoms with Gasteiger partial charge in [-0.05, 0) is 44.4 Å². The number of thioether (sulfide) groups is 1. The molecule has 0 bridgehead atoms. The molecule has 0 spiro atoms. The molecular formula is C22H28N2O5S. The van der Waals surface area contributed by atoms with E-state index < -0.39 is 12.0 Å². The van der Waals surface area contributed by atoms with Crippen LogP contribution in [0, 0.1) is 0 Å². The molecule has 2 aliphatic rings. The summed E-state index contributed by atoms with van der Waals surface area (Å²) in [4.78, 5) is 32.0. The van der Waals surface area contributed by atoms with Crippen LogP contribution in [0.3, 0.4) is 0 Å². The van der Waals surface area contributed by atoms with Crippen LogP contribution in [-0.2, 0) is 14.3 Å². The number of methoxy groups -OCH3 is 1. The number of hydrogen-bond acceptors (Lipinski definition) is 7. The second-order valence-electron chi connectivity index (χ2n) is 7.00. The predicted octanol–water partition coefficient (Wildman–Crippen LogP) is 4.09. The van der Waals surface area contributed by atoms with E-state index in [2.05, 4.69) is 4.99 Å². The zero-order valence-corrected chi connectivity index (χ0v) is 18.9. The largest absolute Gasteiger partial charge is 0.490 e. The minimum absolute atomic E-state index is 0.0515. The van der Waals surface area contributed by atoms with E-state index in [1.807, 2.05) is 39.0 Å². The van der Waals surface area contributed by atoms with Gasteiger partial charge in [-0.15, -0.1) is 0 Å². The van der Waals surface area contributed by atoms with Crippen LogP contribution in [0.15, 0.2) is 34.5 Å². The van der Waals surface area contributed by atoms with Gasteiger partial charge in [-0.1, -0.05) is 31.7 Å². The van der Waals surface area contributed by atoms with E-state index >= 15 is 0 Å². The van der Waals surface area contributed by atoms with Crippen LogP contribution in [0.2, 0.25) is 0 Å². The minimum Gasteiger partial charge on any atom is -0.490 e. The summed E-state index contributed by atoms with van der Waals surface area (Å²) >= 11 is 1.44. The first-order valence-corrected chi connectivity index (χ1v) is 11.1. The van der Waals surface area contributed by atoms with Gasteiger partial charge in [0.1, 0.15) is 0 Å². The first kappa shape index (κ1) is 22.2. The van der Waals surface area contributed by atoms with E-state index in [-0.39, 0.29) is 11.2 Å². The molecule has 2 heterocycles. The topological polar surface area (TPSA) is 77.4 Å². The lowest BCUT2D eigenvalue weighted by Crippen LogP contribution is -2.40. The summed E-state index contributed by atoms with van der Waals surface area (Å²) in [5.41, 5.74) is 1.66. The maximum absolute atomic E-state index is 13.1. The molecule has 0 saturated carbocycles. The van der Waals surface area contributed by atoms with Crippen LogP contribution in [0.1, 0.15) is 52.1 Å². The summed E-state index contributed by atoms with van der Waals surface area (Å²) < 4.78 is 16.6. The van der Waals surface area contributed by atoms with Crippen molar-refractivity contribution in [3.63, 3.8) is 0 Å². The zero-order chi connectivity index (χ0) is 21.8. The van der Waals surface area contributed by atoms with E-state index in [1.54, 1.807) is 11.8 Å². The molecular weight excluding hydrogens is 404 g/mol. The molecule has 0 unspecified atom stereocenters. The Hall–Kier alpha value is -2.48. The lowest BCUT2D eigenvalue weighted by atomic mass is 9.94. The van der Waals surface area contributed by atoms with Crippen molar-refractivity contribution in [3.05, 3.63) is 35.0 Å². The normalized spacial score (nSPS) is 20.8. The third-order valence-corrected chi connectivity index (χ3v) is 6.29. The average molecular weight is 433 g/mol. The van der Waals surface area contributed by atoms with Crippen molar-refractivity contribution < 1.29 is 23.8 Å². The van der Waals surface area contributed by atoms with Crippen molar-refractivity contribution in [1.29, 1.82) is 0 Å². The molecule has 2 atom stereocenters. The number of amidine groups is 1. The van der Waals surface area contributed by atoms with Crippen LogP contribution in [0.5, 0.6) is 11.5 Å². The fraction of sp³-hybridized carbons (Fsp3) is 0.500. The molecule has 1 saturated heterocycles. The van der Waals surface area contributed by atoms with E-state index in [1.165, 1.54) is 18.9 Å². The molecule has 8 heteroatoms. The molecule has 1 aromatic carbocycles. The van der Waals surface area contributed by atoms with Crippen molar-refractivity contribution in [2.45, 2.75) is 51.8 Å². The third kappa shape index (κ3) is 4.05. The van der Waals surface area contributed by atoms with Gasteiger partial charge in [-0.25, -0.2) is 9.79 Å². The van der Waals surface area contributed by atoms with Crippen molar-refractivity contribution in [2.75, 3.05) is 20.3 Å². The summed E-state index contributed by atoms with van der Waals surface area (Å²) in [6.45, 7) is 8.73. The number of carbonyl (C=O) groups is 2. The maximum Gasteiger partial charge on any atom is 0.338 e. The van der Waals surface area contributed by atoms with Crippen LogP contribution in [0.4, 0.5) is 0 Å². The monoisotopic (exact) mass is 432 g/mol. The number of rotatable bonds is 8. The molecule has 7 nitrogen and oxygen atoms in total. The Morgan fingerprint density at radius 3 is 2.60 bits per heavy atom. The standard InChI is InChI=1S/C22H28N2O5S/c1-6-11-29-15-10-9-14(12-16(15)28-8-3)19-18(21(26)27-5)13(4)23-22-24(19)20(25)17(7-2)30-22/h9-10,12,17,19H,6-8,11H2,1-5H3/t17-,19+/m0/s1. The third-order valence-electron chi connectivity index (χ3n) is 4.97. The first-order chi connectivity index (χ1) is 14.5. The SMILES string of the molecule is CCCOc1ccc([C@@H]2C(C(=O)OC)=C(C)N=C3S[C@@H](CC)C(=O)N32)cc1OCC. The van der Waals surface area contributed by atoms with Gasteiger partial charge < -0.3 is 14.2 Å². The molecule has 1 amide bonds. The first-order valence-electron chi connectivity index (χ1n) is 10.2. The lowest BCUT2D eigenvalue weighted by Gasteiger charge is -2.33. The number of hydrogen-bond donors (Lipinski definition) is 0. The van der Waals surface area contributed by atoms with Crippen molar-refractivity contribution in [3.8, 4) is 11.5 Å². The highest BCUT2D eigenvalue weighted by Crippen LogP contribution is 2.45. The number of allylic oxidation sites excluding steroid dienone is 1. The summed E-state index contributed by atoms with van der Waals surface area (Å²) in [7, 11) is 1.33. The molecule has 3 rings (SSSR count). The van der Waals surface area contributed by atoms with E-state index in [0.717, 1.165) is 12.0 Å². The zero-order valence-electron chi connectivity index (χ0n) is 18.1. The highest BCUT2D eigenvalue weighted by atomic mass is 32.2. The van der Waals surface area contributed by atoms with Crippen molar-refractivity contribution >= 4 is 28.8 Å². The molecule has 162 valence electrons. The Kier molecular flexibility index (Phi) is 7.07. The van der Waals surface area contributed by atoms with Gasteiger partial charge in [-0.2, -0.15) is 0 Å². The molecule has 2 aliphatic heterocycles. The second kappa shape index (κ2) is 9.55. The average Bonchev–Trinajstić information content (AvgIpc) is 3.06. The smallest absolute Gasteiger partial charge is 0.338 e. The van der Waals surface area contributed by atoms with Crippen LogP contribution < -0.4 is 9.47 Å². The van der Waals surface area contributed by atoms with Gasteiger partial charge >= 0.3 is 5.97 Å². The molecule has 0 aromatic heterocycles. The number of aliphatic imine (C=N–C) groups is 1. The van der Waals surface area contributed by atoms with Crippen LogP contribution in [-0.4, -0.2) is 47.5 Å². The quantitative estimate of drug-likeness (QED) is 0.576. The summed E-state index contributed by atoms with van der Waals surface area (Å²) in [5, 5.41) is 0.404. The Bertz CT molecular complexity index is 896. The number of benzene rings is 1. The number of ether oxygens (including phenoxy) is 3. The molecule has 0 aliphatic carbocycles. The van der Waals surface area contributed by atoms with E-state index in [9.17, 15) is 9.59 Å². The highest BCUT2D eigenvalue weighted by Gasteiger charge is 2.47. The number of carbonyl (C=O) groups excluding carboxylic acids is 2. The van der Waals surface area contributed by atoms with Crippen LogP contribution >= 0.6 is 11.8 Å². The number of esters is 1. The van der Waals surface area contributed by atoms with Gasteiger partial charge in [0, 0.05) is 0 Å². The lowest BCUT2D eigenvalue weighted by molar-refractivity contribution is -0.137. The van der Waals surface area contributed by atoms with Gasteiger partial charge in [0.15, 0.2) is 16.7 Å². The molecule has 0 N–H and O–H groups in total. The van der Waals surface area contributed by atoms with E-state index in [0.29, 0.717) is 47.6 Å². The number of nitrogens with zero attached hydrogens (tertiary/aromatic N) is 2. The van der Waals surface area contributed by atoms with E-state index in [4.69, 9.17) is 14.2 Å². The van der Waals surface area contributed by atoms with Crippen LogP contribution in [0.25, 0.3) is 0 Å². The predicted molar refractivity (Wildman–Crippen MR) is 117 cm³/mol. The molecule has 30 heavy (non-hydrogen) atoms. The Balaban J connectivity index is 2.12. The van der Waals surface area contributed by atoms with Crippen molar-refractivity contribution in [2.24, 2.45) is 4.99 Å². The van der Waals surface area contributed by atoms with Gasteiger partial charge in [0.05, 0.1) is 42.9 Å². The van der Waals surface area contributed by atoms with Crippen molar-refractivity contribution in [1.82, 2.24) is 4.90 Å².